The lowest BCUT2D eigenvalue weighted by atomic mass is 10.1. The highest BCUT2D eigenvalue weighted by Crippen LogP contribution is 2.13. The fourth-order valence-electron chi connectivity index (χ4n) is 1.83. The van der Waals surface area contributed by atoms with Gasteiger partial charge in [-0.05, 0) is 31.2 Å². The smallest absolute Gasteiger partial charge is 0.275 e. The number of hydrogen-bond donors (Lipinski definition) is 2. The summed E-state index contributed by atoms with van der Waals surface area (Å²) in [4.78, 5) is 11.9. The van der Waals surface area contributed by atoms with E-state index in [0.717, 1.165) is 6.42 Å². The molecule has 0 aliphatic rings. The van der Waals surface area contributed by atoms with Gasteiger partial charge in [0, 0.05) is 12.6 Å². The third kappa shape index (κ3) is 2.82. The molecule has 0 saturated heterocycles. The van der Waals surface area contributed by atoms with Crippen molar-refractivity contribution in [3.05, 3.63) is 51.9 Å². The van der Waals surface area contributed by atoms with Crippen LogP contribution in [0.2, 0.25) is 0 Å². The zero-order chi connectivity index (χ0) is 13.8. The lowest BCUT2D eigenvalue weighted by Gasteiger charge is -2.09. The molecule has 1 aromatic heterocycles. The van der Waals surface area contributed by atoms with E-state index in [1.165, 1.54) is 16.3 Å². The minimum absolute atomic E-state index is 0.0826. The summed E-state index contributed by atoms with van der Waals surface area (Å²) in [6, 6.07) is 8.83. The van der Waals surface area contributed by atoms with E-state index >= 15 is 0 Å². The third-order valence-corrected chi connectivity index (χ3v) is 2.92. The Morgan fingerprint density at radius 3 is 2.58 bits per heavy atom. The number of hydrogen-bond acceptors (Lipinski definition) is 4. The number of aryl methyl sites for hydroxylation is 1. The van der Waals surface area contributed by atoms with E-state index in [2.05, 4.69) is 17.3 Å². The molecule has 100 valence electrons. The predicted molar refractivity (Wildman–Crippen MR) is 73.6 cm³/mol. The fraction of sp³-hybridized carbons (Fsp3) is 0.286. The molecule has 0 saturated carbocycles. The number of aromatic nitrogens is 2. The van der Waals surface area contributed by atoms with Crippen LogP contribution in [-0.2, 0) is 13.0 Å². The molecule has 2 aromatic rings. The Bertz CT molecular complexity index is 618. The van der Waals surface area contributed by atoms with Crippen molar-refractivity contribution in [3.63, 3.8) is 0 Å². The number of rotatable bonds is 4. The summed E-state index contributed by atoms with van der Waals surface area (Å²) in [7, 11) is 1.76. The van der Waals surface area contributed by atoms with Crippen LogP contribution < -0.4 is 10.9 Å². The van der Waals surface area contributed by atoms with E-state index in [1.807, 2.05) is 24.3 Å². The normalized spacial score (nSPS) is 10.6. The molecular weight excluding hydrogens is 242 g/mol. The molecule has 0 atom stereocenters. The van der Waals surface area contributed by atoms with Crippen molar-refractivity contribution in [1.29, 1.82) is 0 Å². The SMILES string of the molecule is CCc1ccc(-n2nc(CNC)c(O)cc2=O)cc1. The first-order valence-electron chi connectivity index (χ1n) is 6.22. The second-order valence-corrected chi connectivity index (χ2v) is 4.28. The molecule has 0 aliphatic carbocycles. The average Bonchev–Trinajstić information content (AvgIpc) is 2.42. The zero-order valence-corrected chi connectivity index (χ0v) is 11.1. The Morgan fingerprint density at radius 2 is 2.00 bits per heavy atom. The van der Waals surface area contributed by atoms with Gasteiger partial charge >= 0.3 is 0 Å². The van der Waals surface area contributed by atoms with Crippen LogP contribution in [0.1, 0.15) is 18.2 Å². The molecule has 0 amide bonds. The third-order valence-electron chi connectivity index (χ3n) is 2.92. The zero-order valence-electron chi connectivity index (χ0n) is 11.1. The maximum absolute atomic E-state index is 11.9. The minimum Gasteiger partial charge on any atom is -0.506 e. The summed E-state index contributed by atoms with van der Waals surface area (Å²) < 4.78 is 1.30. The molecule has 19 heavy (non-hydrogen) atoms. The topological polar surface area (TPSA) is 67.2 Å². The number of benzene rings is 1. The first kappa shape index (κ1) is 13.3. The summed E-state index contributed by atoms with van der Waals surface area (Å²) in [6.45, 7) is 2.48. The van der Waals surface area contributed by atoms with Gasteiger partial charge in [0.2, 0.25) is 0 Å². The largest absolute Gasteiger partial charge is 0.506 e. The molecule has 0 fully saturated rings. The van der Waals surface area contributed by atoms with E-state index in [-0.39, 0.29) is 11.3 Å². The average molecular weight is 259 g/mol. The highest BCUT2D eigenvalue weighted by molar-refractivity contribution is 5.35. The van der Waals surface area contributed by atoms with E-state index < -0.39 is 0 Å². The summed E-state index contributed by atoms with van der Waals surface area (Å²) >= 11 is 0. The van der Waals surface area contributed by atoms with Crippen molar-refractivity contribution in [3.8, 4) is 11.4 Å². The summed E-state index contributed by atoms with van der Waals surface area (Å²) in [6.07, 6.45) is 0.948. The van der Waals surface area contributed by atoms with Crippen LogP contribution in [0.15, 0.2) is 35.1 Å². The summed E-state index contributed by atoms with van der Waals surface area (Å²) in [5, 5.41) is 16.7. The first-order valence-corrected chi connectivity index (χ1v) is 6.22. The second-order valence-electron chi connectivity index (χ2n) is 4.28. The molecule has 0 aliphatic heterocycles. The van der Waals surface area contributed by atoms with Gasteiger partial charge < -0.3 is 10.4 Å². The van der Waals surface area contributed by atoms with Crippen LogP contribution in [0.5, 0.6) is 5.75 Å². The number of aromatic hydroxyl groups is 1. The first-order chi connectivity index (χ1) is 9.15. The van der Waals surface area contributed by atoms with Gasteiger partial charge in [0.05, 0.1) is 5.69 Å². The van der Waals surface area contributed by atoms with Crippen molar-refractivity contribution in [2.75, 3.05) is 7.05 Å². The van der Waals surface area contributed by atoms with Gasteiger partial charge in [-0.15, -0.1) is 0 Å². The summed E-state index contributed by atoms with van der Waals surface area (Å²) in [5.41, 5.74) is 1.99. The molecule has 0 unspecified atom stereocenters. The van der Waals surface area contributed by atoms with E-state index in [4.69, 9.17) is 0 Å². The van der Waals surface area contributed by atoms with Crippen LogP contribution in [-0.4, -0.2) is 21.9 Å². The Kier molecular flexibility index (Phi) is 3.97. The van der Waals surface area contributed by atoms with Gasteiger partial charge in [0.15, 0.2) is 0 Å². The molecule has 2 N–H and O–H groups in total. The van der Waals surface area contributed by atoms with Crippen molar-refractivity contribution in [2.45, 2.75) is 19.9 Å². The molecule has 0 bridgehead atoms. The van der Waals surface area contributed by atoms with Gasteiger partial charge in [-0.3, -0.25) is 4.79 Å². The molecule has 5 heteroatoms. The van der Waals surface area contributed by atoms with Crippen LogP contribution in [0.25, 0.3) is 5.69 Å². The van der Waals surface area contributed by atoms with Crippen LogP contribution in [0.3, 0.4) is 0 Å². The number of nitrogens with one attached hydrogen (secondary N) is 1. The van der Waals surface area contributed by atoms with Crippen molar-refractivity contribution >= 4 is 0 Å². The molecule has 1 heterocycles. The Morgan fingerprint density at radius 1 is 1.32 bits per heavy atom. The Hall–Kier alpha value is -2.14. The Balaban J connectivity index is 2.48. The molecule has 0 spiro atoms. The van der Waals surface area contributed by atoms with Crippen molar-refractivity contribution in [1.82, 2.24) is 15.1 Å². The minimum atomic E-state index is -0.346. The molecule has 1 aromatic carbocycles. The lowest BCUT2D eigenvalue weighted by molar-refractivity contribution is 0.453. The van der Waals surface area contributed by atoms with E-state index in [9.17, 15) is 9.90 Å². The molecular formula is C14H17N3O2. The van der Waals surface area contributed by atoms with Crippen molar-refractivity contribution in [2.24, 2.45) is 0 Å². The highest BCUT2D eigenvalue weighted by atomic mass is 16.3. The maximum atomic E-state index is 11.9. The van der Waals surface area contributed by atoms with Crippen LogP contribution >= 0.6 is 0 Å². The Labute approximate surface area is 111 Å². The van der Waals surface area contributed by atoms with Gasteiger partial charge in [-0.1, -0.05) is 19.1 Å². The predicted octanol–water partition coefficient (Wildman–Crippen LogP) is 1.22. The van der Waals surface area contributed by atoms with Crippen LogP contribution in [0, 0.1) is 0 Å². The van der Waals surface area contributed by atoms with Gasteiger partial charge in [0.1, 0.15) is 11.4 Å². The van der Waals surface area contributed by atoms with Crippen LogP contribution in [0.4, 0.5) is 0 Å². The second kappa shape index (κ2) is 5.67. The molecule has 0 radical (unpaired) electrons. The maximum Gasteiger partial charge on any atom is 0.275 e. The molecule has 5 nitrogen and oxygen atoms in total. The lowest BCUT2D eigenvalue weighted by Crippen LogP contribution is -2.23. The van der Waals surface area contributed by atoms with E-state index in [1.54, 1.807) is 7.05 Å². The monoisotopic (exact) mass is 259 g/mol. The molecule has 2 rings (SSSR count). The fourth-order valence-corrected chi connectivity index (χ4v) is 1.83. The van der Waals surface area contributed by atoms with E-state index in [0.29, 0.717) is 17.9 Å². The van der Waals surface area contributed by atoms with Crippen molar-refractivity contribution < 1.29 is 5.11 Å². The highest BCUT2D eigenvalue weighted by Gasteiger charge is 2.08. The standard InChI is InChI=1S/C14H17N3O2/c1-3-10-4-6-11(7-5-10)17-14(19)8-13(18)12(16-17)9-15-2/h4-8,15,18H,3,9H2,1-2H3. The van der Waals surface area contributed by atoms with Gasteiger partial charge in [-0.25, -0.2) is 0 Å². The number of nitrogens with zero attached hydrogens (tertiary/aromatic N) is 2. The quantitative estimate of drug-likeness (QED) is 0.866. The summed E-state index contributed by atoms with van der Waals surface area (Å²) in [5.74, 6) is -0.0826. The van der Waals surface area contributed by atoms with Gasteiger partial charge in [-0.2, -0.15) is 9.78 Å². The van der Waals surface area contributed by atoms with Gasteiger partial charge in [0.25, 0.3) is 5.56 Å².